The molecule has 8 heteroatoms. The second kappa shape index (κ2) is 5.51. The van der Waals surface area contributed by atoms with E-state index in [2.05, 4.69) is 4.98 Å². The summed E-state index contributed by atoms with van der Waals surface area (Å²) in [5, 5.41) is 0. The second-order valence-corrected chi connectivity index (χ2v) is 5.60. The van der Waals surface area contributed by atoms with Gasteiger partial charge in [0.2, 0.25) is 0 Å². The van der Waals surface area contributed by atoms with Gasteiger partial charge in [-0.2, -0.15) is 0 Å². The van der Waals surface area contributed by atoms with Crippen LogP contribution in [0.1, 0.15) is 5.69 Å². The maximum absolute atomic E-state index is 13.4. The Labute approximate surface area is 114 Å². The number of nitrogens with two attached hydrogens (primary N) is 1. The number of rotatable bonds is 4. The maximum atomic E-state index is 13.4. The van der Waals surface area contributed by atoms with Crippen molar-refractivity contribution in [2.75, 3.05) is 4.72 Å². The predicted octanol–water partition coefficient (Wildman–Crippen LogP) is 1.62. The Kier molecular flexibility index (Phi) is 3.96. The van der Waals surface area contributed by atoms with Crippen LogP contribution in [0.2, 0.25) is 0 Å². The minimum Gasteiger partial charge on any atom is -0.325 e. The summed E-state index contributed by atoms with van der Waals surface area (Å²) in [5.74, 6) is -1.79. The first kappa shape index (κ1) is 14.4. The first-order chi connectivity index (χ1) is 9.42. The Morgan fingerprint density at radius 3 is 2.50 bits per heavy atom. The van der Waals surface area contributed by atoms with Gasteiger partial charge < -0.3 is 5.73 Å². The molecular weight excluding hydrogens is 288 g/mol. The number of benzene rings is 1. The number of sulfonamides is 1. The molecule has 0 spiro atoms. The highest BCUT2D eigenvalue weighted by Crippen LogP contribution is 2.19. The van der Waals surface area contributed by atoms with Crippen molar-refractivity contribution in [3.63, 3.8) is 0 Å². The Hall–Kier alpha value is -2.06. The van der Waals surface area contributed by atoms with Crippen molar-refractivity contribution in [3.8, 4) is 0 Å². The van der Waals surface area contributed by atoms with E-state index in [9.17, 15) is 17.2 Å². The molecular formula is C12H11F2N3O2S. The molecule has 106 valence electrons. The average Bonchev–Trinajstić information content (AvgIpc) is 2.42. The van der Waals surface area contributed by atoms with Crippen LogP contribution in [0.5, 0.6) is 0 Å². The van der Waals surface area contributed by atoms with Crippen molar-refractivity contribution in [1.82, 2.24) is 4.98 Å². The molecule has 0 radical (unpaired) electrons. The van der Waals surface area contributed by atoms with E-state index in [-0.39, 0.29) is 17.1 Å². The molecule has 20 heavy (non-hydrogen) atoms. The van der Waals surface area contributed by atoms with Gasteiger partial charge in [-0.1, -0.05) is 0 Å². The van der Waals surface area contributed by atoms with Gasteiger partial charge in [0.25, 0.3) is 10.0 Å². The van der Waals surface area contributed by atoms with E-state index in [0.717, 1.165) is 18.3 Å². The van der Waals surface area contributed by atoms with E-state index < -0.39 is 21.7 Å². The molecule has 1 aromatic heterocycles. The highest BCUT2D eigenvalue weighted by molar-refractivity contribution is 7.92. The van der Waals surface area contributed by atoms with Crippen molar-refractivity contribution in [2.45, 2.75) is 11.4 Å². The molecule has 0 fully saturated rings. The van der Waals surface area contributed by atoms with Crippen LogP contribution in [0.25, 0.3) is 0 Å². The van der Waals surface area contributed by atoms with Crippen LogP contribution in [-0.4, -0.2) is 13.4 Å². The zero-order chi connectivity index (χ0) is 14.8. The Balaban J connectivity index is 2.30. The zero-order valence-corrected chi connectivity index (χ0v) is 11.0. The summed E-state index contributed by atoms with van der Waals surface area (Å²) in [7, 11) is -3.99. The van der Waals surface area contributed by atoms with E-state index >= 15 is 0 Å². The summed E-state index contributed by atoms with van der Waals surface area (Å²) in [6.07, 6.45) is 1.12. The molecule has 3 N–H and O–H groups in total. The summed E-state index contributed by atoms with van der Waals surface area (Å²) in [6, 6.07) is 5.31. The van der Waals surface area contributed by atoms with Crippen LogP contribution in [0.15, 0.2) is 41.4 Å². The Morgan fingerprint density at radius 2 is 1.95 bits per heavy atom. The maximum Gasteiger partial charge on any atom is 0.263 e. The third-order valence-electron chi connectivity index (χ3n) is 2.49. The van der Waals surface area contributed by atoms with Crippen LogP contribution in [0.3, 0.4) is 0 Å². The summed E-state index contributed by atoms with van der Waals surface area (Å²) in [5.41, 5.74) is 5.54. The molecule has 1 aromatic carbocycles. The SMILES string of the molecule is NCc1ccc(S(=O)(=O)Nc2ccc(F)cc2F)cn1. The molecule has 2 rings (SSSR count). The lowest BCUT2D eigenvalue weighted by molar-refractivity contribution is 0.582. The molecule has 5 nitrogen and oxygen atoms in total. The van der Waals surface area contributed by atoms with Gasteiger partial charge in [0.15, 0.2) is 0 Å². The summed E-state index contributed by atoms with van der Waals surface area (Å²) in [6.45, 7) is 0.181. The molecule has 0 amide bonds. The lowest BCUT2D eigenvalue weighted by Crippen LogP contribution is -2.14. The Bertz CT molecular complexity index is 718. The first-order valence-corrected chi connectivity index (χ1v) is 7.03. The molecule has 0 unspecified atom stereocenters. The second-order valence-electron chi connectivity index (χ2n) is 3.92. The van der Waals surface area contributed by atoms with Gasteiger partial charge >= 0.3 is 0 Å². The number of hydrogen-bond donors (Lipinski definition) is 2. The molecule has 1 heterocycles. The van der Waals surface area contributed by atoms with Gasteiger partial charge in [-0.3, -0.25) is 9.71 Å². The van der Waals surface area contributed by atoms with Crippen LogP contribution in [-0.2, 0) is 16.6 Å². The van der Waals surface area contributed by atoms with Crippen molar-refractivity contribution in [1.29, 1.82) is 0 Å². The normalized spacial score (nSPS) is 11.3. The van der Waals surface area contributed by atoms with Crippen molar-refractivity contribution >= 4 is 15.7 Å². The van der Waals surface area contributed by atoms with E-state index in [4.69, 9.17) is 5.73 Å². The summed E-state index contributed by atoms with van der Waals surface area (Å²) in [4.78, 5) is 3.70. The van der Waals surface area contributed by atoms with Gasteiger partial charge in [-0.25, -0.2) is 17.2 Å². The quantitative estimate of drug-likeness (QED) is 0.898. The van der Waals surface area contributed by atoms with E-state index in [0.29, 0.717) is 11.8 Å². The smallest absolute Gasteiger partial charge is 0.263 e. The highest BCUT2D eigenvalue weighted by atomic mass is 32.2. The molecule has 0 saturated carbocycles. The number of hydrogen-bond acceptors (Lipinski definition) is 4. The van der Waals surface area contributed by atoms with Gasteiger partial charge in [-0.05, 0) is 24.3 Å². The fraction of sp³-hybridized carbons (Fsp3) is 0.0833. The molecule has 0 bridgehead atoms. The highest BCUT2D eigenvalue weighted by Gasteiger charge is 2.17. The molecule has 0 aliphatic carbocycles. The fourth-order valence-corrected chi connectivity index (χ4v) is 2.48. The van der Waals surface area contributed by atoms with E-state index in [1.54, 1.807) is 0 Å². The standard InChI is InChI=1S/C12H11F2N3O2S/c13-8-1-4-12(11(14)5-8)17-20(18,19)10-3-2-9(6-15)16-7-10/h1-5,7,17H,6,15H2. The van der Waals surface area contributed by atoms with Crippen molar-refractivity contribution < 1.29 is 17.2 Å². The molecule has 0 atom stereocenters. The number of nitrogens with zero attached hydrogens (tertiary/aromatic N) is 1. The van der Waals surface area contributed by atoms with Crippen LogP contribution in [0, 0.1) is 11.6 Å². The van der Waals surface area contributed by atoms with E-state index in [1.807, 2.05) is 4.72 Å². The third-order valence-corrected chi connectivity index (χ3v) is 3.84. The Morgan fingerprint density at radius 1 is 1.20 bits per heavy atom. The topological polar surface area (TPSA) is 85.1 Å². The van der Waals surface area contributed by atoms with Gasteiger partial charge in [-0.15, -0.1) is 0 Å². The van der Waals surface area contributed by atoms with Crippen molar-refractivity contribution in [3.05, 3.63) is 53.9 Å². The molecule has 0 aliphatic heterocycles. The van der Waals surface area contributed by atoms with Gasteiger partial charge in [0.1, 0.15) is 16.5 Å². The summed E-state index contributed by atoms with van der Waals surface area (Å²) >= 11 is 0. The minimum absolute atomic E-state index is 0.140. The number of halogens is 2. The molecule has 0 saturated heterocycles. The largest absolute Gasteiger partial charge is 0.325 e. The van der Waals surface area contributed by atoms with Crippen LogP contribution in [0.4, 0.5) is 14.5 Å². The van der Waals surface area contributed by atoms with Gasteiger partial charge in [0.05, 0.1) is 11.4 Å². The van der Waals surface area contributed by atoms with Crippen molar-refractivity contribution in [2.24, 2.45) is 5.73 Å². The number of nitrogens with one attached hydrogen (secondary N) is 1. The van der Waals surface area contributed by atoms with Gasteiger partial charge in [0, 0.05) is 18.8 Å². The molecule has 2 aromatic rings. The molecule has 0 aliphatic rings. The number of anilines is 1. The predicted molar refractivity (Wildman–Crippen MR) is 69.3 cm³/mol. The minimum atomic E-state index is -3.99. The monoisotopic (exact) mass is 299 g/mol. The van der Waals surface area contributed by atoms with Crippen LogP contribution >= 0.6 is 0 Å². The zero-order valence-electron chi connectivity index (χ0n) is 10.2. The third kappa shape index (κ3) is 3.09. The lowest BCUT2D eigenvalue weighted by atomic mass is 10.3. The average molecular weight is 299 g/mol. The lowest BCUT2D eigenvalue weighted by Gasteiger charge is -2.09. The first-order valence-electron chi connectivity index (χ1n) is 5.55. The van der Waals surface area contributed by atoms with Crippen LogP contribution < -0.4 is 10.5 Å². The number of pyridine rings is 1. The summed E-state index contributed by atoms with van der Waals surface area (Å²) < 4.78 is 52.2. The fourth-order valence-electron chi connectivity index (χ4n) is 1.47. The van der Waals surface area contributed by atoms with E-state index in [1.165, 1.54) is 12.1 Å². The number of aromatic nitrogens is 1.